The van der Waals surface area contributed by atoms with Gasteiger partial charge in [-0.15, -0.1) is 11.3 Å². The molecule has 1 fully saturated rings. The third kappa shape index (κ3) is 3.68. The van der Waals surface area contributed by atoms with Crippen LogP contribution in [0.1, 0.15) is 12.8 Å². The minimum atomic E-state index is -3.46. The van der Waals surface area contributed by atoms with E-state index in [1.807, 2.05) is 0 Å². The lowest BCUT2D eigenvalue weighted by Gasteiger charge is -2.21. The zero-order chi connectivity index (χ0) is 13.2. The van der Waals surface area contributed by atoms with Gasteiger partial charge in [0.1, 0.15) is 4.21 Å². The monoisotopic (exact) mass is 373 g/mol. The van der Waals surface area contributed by atoms with Crippen molar-refractivity contribution in [2.45, 2.75) is 17.1 Å². The summed E-state index contributed by atoms with van der Waals surface area (Å²) in [5.74, 6) is 0.257. The lowest BCUT2D eigenvalue weighted by Crippen LogP contribution is -2.32. The van der Waals surface area contributed by atoms with Gasteiger partial charge in [0, 0.05) is 13.2 Å². The Bertz CT molecular complexity index is 492. The Morgan fingerprint density at radius 3 is 2.94 bits per heavy atom. The normalized spacial score (nSPS) is 21.1. The number of rotatable bonds is 4. The van der Waals surface area contributed by atoms with Crippen molar-refractivity contribution in [3.05, 3.63) is 14.9 Å². The summed E-state index contributed by atoms with van der Waals surface area (Å²) in [7, 11) is -3.46. The van der Waals surface area contributed by atoms with Crippen LogP contribution in [0.3, 0.4) is 0 Å². The van der Waals surface area contributed by atoms with E-state index in [2.05, 4.69) is 20.7 Å². The summed E-state index contributed by atoms with van der Waals surface area (Å²) in [6, 6.07) is 1.45. The number of hydrogen-bond acceptors (Lipinski definition) is 4. The summed E-state index contributed by atoms with van der Waals surface area (Å²) in [6.45, 7) is 1.81. The molecule has 0 aliphatic carbocycles. The number of halogens is 2. The van der Waals surface area contributed by atoms with Crippen LogP contribution in [0.5, 0.6) is 0 Å². The summed E-state index contributed by atoms with van der Waals surface area (Å²) in [5.41, 5.74) is 0. The number of sulfonamides is 1. The van der Waals surface area contributed by atoms with E-state index >= 15 is 0 Å². The lowest BCUT2D eigenvalue weighted by molar-refractivity contribution is 0.0568. The first-order valence-electron chi connectivity index (χ1n) is 5.51. The van der Waals surface area contributed by atoms with E-state index in [1.165, 1.54) is 6.07 Å². The summed E-state index contributed by atoms with van der Waals surface area (Å²) in [5, 5.41) is 0.418. The van der Waals surface area contributed by atoms with Crippen LogP contribution in [0.2, 0.25) is 5.02 Å². The van der Waals surface area contributed by atoms with Crippen molar-refractivity contribution >= 4 is 48.9 Å². The van der Waals surface area contributed by atoms with Gasteiger partial charge in [-0.3, -0.25) is 0 Å². The largest absolute Gasteiger partial charge is 0.381 e. The smallest absolute Gasteiger partial charge is 0.250 e. The van der Waals surface area contributed by atoms with Gasteiger partial charge < -0.3 is 4.74 Å². The Kier molecular flexibility index (Phi) is 5.07. The maximum absolute atomic E-state index is 12.0. The molecule has 1 aliphatic heterocycles. The van der Waals surface area contributed by atoms with Gasteiger partial charge in [0.05, 0.1) is 15.4 Å². The minimum Gasteiger partial charge on any atom is -0.381 e. The number of thiophene rings is 1. The zero-order valence-electron chi connectivity index (χ0n) is 9.49. The highest BCUT2D eigenvalue weighted by atomic mass is 79.9. The third-order valence-corrected chi connectivity index (χ3v) is 7.08. The Morgan fingerprint density at radius 2 is 2.39 bits per heavy atom. The molecule has 0 amide bonds. The Balaban J connectivity index is 1.98. The topological polar surface area (TPSA) is 55.4 Å². The van der Waals surface area contributed by atoms with Crippen LogP contribution in [0.25, 0.3) is 0 Å². The highest BCUT2D eigenvalue weighted by Crippen LogP contribution is 2.34. The molecule has 0 saturated carbocycles. The quantitative estimate of drug-likeness (QED) is 0.881. The second-order valence-corrected chi connectivity index (χ2v) is 8.89. The predicted molar refractivity (Wildman–Crippen MR) is 75.8 cm³/mol. The van der Waals surface area contributed by atoms with E-state index in [4.69, 9.17) is 16.3 Å². The molecule has 1 atom stereocenters. The Morgan fingerprint density at radius 1 is 1.61 bits per heavy atom. The second kappa shape index (κ2) is 6.19. The average Bonchev–Trinajstić information content (AvgIpc) is 2.70. The van der Waals surface area contributed by atoms with Gasteiger partial charge in [-0.25, -0.2) is 13.1 Å². The Hall–Kier alpha value is 0.340. The van der Waals surface area contributed by atoms with Gasteiger partial charge >= 0.3 is 0 Å². The molecule has 0 aromatic carbocycles. The van der Waals surface area contributed by atoms with Crippen molar-refractivity contribution in [1.29, 1.82) is 0 Å². The molecule has 2 heterocycles. The molecular weight excluding hydrogens is 362 g/mol. The highest BCUT2D eigenvalue weighted by molar-refractivity contribution is 9.11. The molecule has 1 saturated heterocycles. The van der Waals surface area contributed by atoms with Crippen molar-refractivity contribution in [2.75, 3.05) is 19.8 Å². The van der Waals surface area contributed by atoms with Gasteiger partial charge in [0.15, 0.2) is 0 Å². The number of ether oxygens (including phenoxy) is 1. The van der Waals surface area contributed by atoms with Gasteiger partial charge in [-0.05, 0) is 40.8 Å². The molecule has 1 N–H and O–H groups in total. The summed E-state index contributed by atoms with van der Waals surface area (Å²) in [4.78, 5) is 0. The van der Waals surface area contributed by atoms with Crippen molar-refractivity contribution in [3.63, 3.8) is 0 Å². The van der Waals surface area contributed by atoms with E-state index < -0.39 is 10.0 Å². The van der Waals surface area contributed by atoms with Crippen LogP contribution < -0.4 is 4.72 Å². The van der Waals surface area contributed by atoms with Gasteiger partial charge in [0.25, 0.3) is 0 Å². The van der Waals surface area contributed by atoms with E-state index in [0.717, 1.165) is 30.8 Å². The van der Waals surface area contributed by atoms with E-state index in [0.29, 0.717) is 22.0 Å². The van der Waals surface area contributed by atoms with E-state index in [-0.39, 0.29) is 10.1 Å². The molecule has 18 heavy (non-hydrogen) atoms. The van der Waals surface area contributed by atoms with Gasteiger partial charge in [-0.1, -0.05) is 11.6 Å². The molecule has 2 rings (SSSR count). The summed E-state index contributed by atoms with van der Waals surface area (Å²) in [6.07, 6.45) is 1.99. The predicted octanol–water partition coefficient (Wildman–Crippen LogP) is 2.87. The lowest BCUT2D eigenvalue weighted by atomic mass is 10.0. The van der Waals surface area contributed by atoms with Crippen LogP contribution in [0.4, 0.5) is 0 Å². The molecule has 0 bridgehead atoms. The fourth-order valence-corrected chi connectivity index (χ4v) is 5.29. The first-order chi connectivity index (χ1) is 8.49. The maximum atomic E-state index is 12.0. The first kappa shape index (κ1) is 14.7. The van der Waals surface area contributed by atoms with Gasteiger partial charge in [0.2, 0.25) is 10.0 Å². The number of nitrogens with one attached hydrogen (secondary N) is 1. The van der Waals surface area contributed by atoms with Crippen LogP contribution in [-0.4, -0.2) is 28.2 Å². The molecule has 4 nitrogen and oxygen atoms in total. The molecular formula is C10H13BrClNO3S2. The first-order valence-corrected chi connectivity index (χ1v) is 8.98. The molecule has 102 valence electrons. The third-order valence-electron chi connectivity index (χ3n) is 2.70. The summed E-state index contributed by atoms with van der Waals surface area (Å²) < 4.78 is 32.8. The fraction of sp³-hybridized carbons (Fsp3) is 0.600. The maximum Gasteiger partial charge on any atom is 0.250 e. The van der Waals surface area contributed by atoms with Crippen LogP contribution in [-0.2, 0) is 14.8 Å². The SMILES string of the molecule is O=S(=O)(NCC1CCCOC1)c1cc(Cl)c(Br)s1. The zero-order valence-corrected chi connectivity index (χ0v) is 13.5. The highest BCUT2D eigenvalue weighted by Gasteiger charge is 2.21. The van der Waals surface area contributed by atoms with Crippen LogP contribution >= 0.6 is 38.9 Å². The van der Waals surface area contributed by atoms with Gasteiger partial charge in [-0.2, -0.15) is 0 Å². The molecule has 0 spiro atoms. The Labute approximate surface area is 124 Å². The van der Waals surface area contributed by atoms with Crippen molar-refractivity contribution in [1.82, 2.24) is 4.72 Å². The molecule has 0 radical (unpaired) electrons. The average molecular weight is 375 g/mol. The van der Waals surface area contributed by atoms with Crippen molar-refractivity contribution < 1.29 is 13.2 Å². The van der Waals surface area contributed by atoms with E-state index in [9.17, 15) is 8.42 Å². The fourth-order valence-electron chi connectivity index (χ4n) is 1.73. The second-order valence-electron chi connectivity index (χ2n) is 4.12. The minimum absolute atomic E-state index is 0.233. The van der Waals surface area contributed by atoms with Crippen LogP contribution in [0, 0.1) is 5.92 Å². The standard InChI is InChI=1S/C10H13BrClNO3S2/c11-10-8(12)4-9(17-10)18(14,15)13-5-7-2-1-3-16-6-7/h4,7,13H,1-3,5-6H2. The number of hydrogen-bond donors (Lipinski definition) is 1. The van der Waals surface area contributed by atoms with Crippen molar-refractivity contribution in [2.24, 2.45) is 5.92 Å². The molecule has 1 unspecified atom stereocenters. The van der Waals surface area contributed by atoms with Crippen LogP contribution in [0.15, 0.2) is 14.1 Å². The molecule has 1 aliphatic rings. The molecule has 1 aromatic rings. The van der Waals surface area contributed by atoms with E-state index in [1.54, 1.807) is 0 Å². The molecule has 8 heteroatoms. The van der Waals surface area contributed by atoms with Crippen molar-refractivity contribution in [3.8, 4) is 0 Å². The summed E-state index contributed by atoms with van der Waals surface area (Å²) >= 11 is 10.2. The molecule has 1 aromatic heterocycles.